The molecule has 0 radical (unpaired) electrons. The van der Waals surface area contributed by atoms with Gasteiger partial charge >= 0.3 is 0 Å². The smallest absolute Gasteiger partial charge is 0.281 e. The summed E-state index contributed by atoms with van der Waals surface area (Å²) in [6.07, 6.45) is 1.43. The Morgan fingerprint density at radius 1 is 1.12 bits per heavy atom. The van der Waals surface area contributed by atoms with Crippen molar-refractivity contribution in [1.82, 2.24) is 14.6 Å². The van der Waals surface area contributed by atoms with Gasteiger partial charge in [0.15, 0.2) is 0 Å². The highest BCUT2D eigenvalue weighted by molar-refractivity contribution is 5.77. The summed E-state index contributed by atoms with van der Waals surface area (Å²) < 4.78 is 1.11. The molecule has 78 valence electrons. The number of hydrogen-bond acceptors (Lipinski definition) is 3. The molecule has 0 aliphatic rings. The Balaban J connectivity index is 2.80. The SMILES string of the molecule is O=c1[nH]c2ccccc2c(=O)n2nccc12. The van der Waals surface area contributed by atoms with Crippen molar-refractivity contribution < 1.29 is 0 Å². The fourth-order valence-corrected chi connectivity index (χ4v) is 1.72. The van der Waals surface area contributed by atoms with Crippen LogP contribution in [-0.2, 0) is 0 Å². The van der Waals surface area contributed by atoms with E-state index in [0.29, 0.717) is 10.9 Å². The molecule has 1 aromatic carbocycles. The monoisotopic (exact) mass is 213 g/mol. The van der Waals surface area contributed by atoms with Crippen molar-refractivity contribution in [3.63, 3.8) is 0 Å². The minimum atomic E-state index is -0.323. The van der Waals surface area contributed by atoms with E-state index in [9.17, 15) is 9.59 Å². The first-order valence-electron chi connectivity index (χ1n) is 4.76. The second-order valence-electron chi connectivity index (χ2n) is 3.43. The molecule has 1 N–H and O–H groups in total. The first kappa shape index (κ1) is 8.84. The van der Waals surface area contributed by atoms with Crippen LogP contribution in [-0.4, -0.2) is 14.6 Å². The van der Waals surface area contributed by atoms with Crippen LogP contribution in [0.4, 0.5) is 0 Å². The molecule has 5 nitrogen and oxygen atoms in total. The summed E-state index contributed by atoms with van der Waals surface area (Å²) in [6, 6.07) is 8.38. The Morgan fingerprint density at radius 2 is 1.94 bits per heavy atom. The summed E-state index contributed by atoms with van der Waals surface area (Å²) in [5, 5.41) is 4.30. The van der Waals surface area contributed by atoms with Gasteiger partial charge in [0.25, 0.3) is 11.1 Å². The zero-order chi connectivity index (χ0) is 11.1. The van der Waals surface area contributed by atoms with Crippen molar-refractivity contribution in [2.75, 3.05) is 0 Å². The highest BCUT2D eigenvalue weighted by Gasteiger charge is 2.04. The van der Waals surface area contributed by atoms with Crippen molar-refractivity contribution in [2.45, 2.75) is 0 Å². The van der Waals surface area contributed by atoms with Crippen molar-refractivity contribution >= 4 is 16.4 Å². The van der Waals surface area contributed by atoms with Crippen molar-refractivity contribution in [2.24, 2.45) is 0 Å². The van der Waals surface area contributed by atoms with Gasteiger partial charge in [0, 0.05) is 0 Å². The highest BCUT2D eigenvalue weighted by Crippen LogP contribution is 2.03. The predicted octanol–water partition coefficient (Wildman–Crippen LogP) is 0.536. The van der Waals surface area contributed by atoms with Crippen LogP contribution in [0.1, 0.15) is 0 Å². The van der Waals surface area contributed by atoms with Gasteiger partial charge in [0.1, 0.15) is 5.52 Å². The standard InChI is InChI=1S/C11H7N3O2/c15-10-9-5-6-12-14(9)11(16)7-3-1-2-4-8(7)13-10/h1-6H,(H,13,15). The number of aromatic nitrogens is 3. The number of para-hydroxylation sites is 1. The summed E-state index contributed by atoms with van der Waals surface area (Å²) in [4.78, 5) is 26.5. The van der Waals surface area contributed by atoms with Gasteiger partial charge in [-0.3, -0.25) is 9.59 Å². The van der Waals surface area contributed by atoms with Gasteiger partial charge in [0.2, 0.25) is 0 Å². The topological polar surface area (TPSA) is 67.2 Å². The Labute approximate surface area is 89.0 Å². The molecule has 0 aliphatic carbocycles. The molecule has 0 atom stereocenters. The van der Waals surface area contributed by atoms with E-state index in [-0.39, 0.29) is 16.6 Å². The highest BCUT2D eigenvalue weighted by atomic mass is 16.1. The third-order valence-electron chi connectivity index (χ3n) is 2.47. The van der Waals surface area contributed by atoms with E-state index in [1.54, 1.807) is 24.3 Å². The summed E-state index contributed by atoms with van der Waals surface area (Å²) >= 11 is 0. The van der Waals surface area contributed by atoms with E-state index in [4.69, 9.17) is 0 Å². The van der Waals surface area contributed by atoms with Gasteiger partial charge in [0.05, 0.1) is 17.1 Å². The van der Waals surface area contributed by atoms with Crippen LogP contribution in [0.15, 0.2) is 46.1 Å². The first-order chi connectivity index (χ1) is 7.77. The number of benzene rings is 1. The van der Waals surface area contributed by atoms with E-state index in [1.807, 2.05) is 0 Å². The largest absolute Gasteiger partial charge is 0.320 e. The molecule has 0 amide bonds. The van der Waals surface area contributed by atoms with Gasteiger partial charge in [-0.2, -0.15) is 9.61 Å². The molecular formula is C11H7N3O2. The fourth-order valence-electron chi connectivity index (χ4n) is 1.72. The van der Waals surface area contributed by atoms with Crippen LogP contribution in [0.2, 0.25) is 0 Å². The average Bonchev–Trinajstić information content (AvgIpc) is 2.74. The number of fused-ring (bicyclic) bond motifs is 2. The van der Waals surface area contributed by atoms with E-state index in [1.165, 1.54) is 12.3 Å². The summed E-state index contributed by atoms with van der Waals surface area (Å²) in [5.41, 5.74) is 0.147. The Hall–Kier alpha value is -2.43. The maximum Gasteiger partial charge on any atom is 0.281 e. The molecule has 3 aromatic rings. The Kier molecular flexibility index (Phi) is 1.67. The third-order valence-corrected chi connectivity index (χ3v) is 2.47. The zero-order valence-electron chi connectivity index (χ0n) is 8.18. The van der Waals surface area contributed by atoms with Gasteiger partial charge in [-0.1, -0.05) is 12.1 Å². The molecule has 16 heavy (non-hydrogen) atoms. The van der Waals surface area contributed by atoms with Crippen LogP contribution in [0.3, 0.4) is 0 Å². The van der Waals surface area contributed by atoms with Crippen LogP contribution in [0, 0.1) is 0 Å². The van der Waals surface area contributed by atoms with Crippen LogP contribution in [0.5, 0.6) is 0 Å². The second-order valence-corrected chi connectivity index (χ2v) is 3.43. The number of hydrogen-bond donors (Lipinski definition) is 1. The van der Waals surface area contributed by atoms with Gasteiger partial charge in [-0.25, -0.2) is 0 Å². The Bertz CT molecular complexity index is 801. The van der Waals surface area contributed by atoms with Gasteiger partial charge < -0.3 is 4.98 Å². The van der Waals surface area contributed by atoms with Gasteiger partial charge in [-0.05, 0) is 18.2 Å². The Morgan fingerprint density at radius 3 is 2.81 bits per heavy atom. The van der Waals surface area contributed by atoms with Crippen LogP contribution in [0.25, 0.3) is 16.4 Å². The fraction of sp³-hybridized carbons (Fsp3) is 0. The molecule has 0 unspecified atom stereocenters. The molecule has 5 heteroatoms. The molecule has 0 fully saturated rings. The van der Waals surface area contributed by atoms with E-state index < -0.39 is 0 Å². The van der Waals surface area contributed by atoms with Crippen LogP contribution >= 0.6 is 0 Å². The van der Waals surface area contributed by atoms with E-state index >= 15 is 0 Å². The zero-order valence-corrected chi connectivity index (χ0v) is 8.18. The minimum Gasteiger partial charge on any atom is -0.320 e. The average molecular weight is 213 g/mol. The lowest BCUT2D eigenvalue weighted by molar-refractivity contribution is 0.931. The number of nitrogens with one attached hydrogen (secondary N) is 1. The number of H-pyrrole nitrogens is 1. The van der Waals surface area contributed by atoms with E-state index in [0.717, 1.165) is 4.52 Å². The van der Waals surface area contributed by atoms with Crippen LogP contribution < -0.4 is 11.1 Å². The maximum absolute atomic E-state index is 12.0. The predicted molar refractivity (Wildman–Crippen MR) is 59.6 cm³/mol. The lowest BCUT2D eigenvalue weighted by atomic mass is 10.2. The molecule has 0 bridgehead atoms. The normalized spacial score (nSPS) is 11.0. The summed E-state index contributed by atoms with van der Waals surface area (Å²) in [6.45, 7) is 0. The van der Waals surface area contributed by atoms with Crippen molar-refractivity contribution in [1.29, 1.82) is 0 Å². The molecular weight excluding hydrogens is 206 g/mol. The lowest BCUT2D eigenvalue weighted by Crippen LogP contribution is -2.13. The first-order valence-corrected chi connectivity index (χ1v) is 4.76. The quantitative estimate of drug-likeness (QED) is 0.592. The summed E-state index contributed by atoms with van der Waals surface area (Å²) in [5.74, 6) is 0. The molecule has 0 spiro atoms. The van der Waals surface area contributed by atoms with Crippen molar-refractivity contribution in [3.8, 4) is 0 Å². The summed E-state index contributed by atoms with van der Waals surface area (Å²) in [7, 11) is 0. The van der Waals surface area contributed by atoms with E-state index in [2.05, 4.69) is 10.1 Å². The lowest BCUT2D eigenvalue weighted by Gasteiger charge is -1.87. The maximum atomic E-state index is 12.0. The molecule has 0 saturated carbocycles. The van der Waals surface area contributed by atoms with Gasteiger partial charge in [-0.15, -0.1) is 0 Å². The third kappa shape index (κ3) is 1.08. The minimum absolute atomic E-state index is 0.251. The molecule has 2 heterocycles. The molecule has 2 aromatic heterocycles. The molecule has 0 aliphatic heterocycles. The molecule has 0 saturated heterocycles. The number of nitrogens with zero attached hydrogens (tertiary/aromatic N) is 2. The van der Waals surface area contributed by atoms with Crippen molar-refractivity contribution in [3.05, 3.63) is 57.2 Å². The molecule has 3 rings (SSSR count). The number of aromatic amines is 1. The second kappa shape index (κ2) is 3.03. The number of rotatable bonds is 0.